The number of anilines is 1. The molecule has 0 spiro atoms. The minimum absolute atomic E-state index is 0.0140. The first kappa shape index (κ1) is 24.4. The number of amides is 1. The number of benzene rings is 3. The summed E-state index contributed by atoms with van der Waals surface area (Å²) in [7, 11) is 0. The van der Waals surface area contributed by atoms with Crippen LogP contribution in [-0.4, -0.2) is 56.5 Å². The lowest BCUT2D eigenvalue weighted by atomic mass is 9.97. The molecule has 0 atom stereocenters. The first-order valence-electron chi connectivity index (χ1n) is 11.7. The Kier molecular flexibility index (Phi) is 6.84. The fourth-order valence-corrected chi connectivity index (χ4v) is 4.44. The number of amidine groups is 1. The van der Waals surface area contributed by atoms with E-state index < -0.39 is 17.5 Å². The largest absolute Gasteiger partial charge is 0.357 e. The van der Waals surface area contributed by atoms with Crippen molar-refractivity contribution in [3.05, 3.63) is 77.6 Å². The number of piperidine rings is 1. The van der Waals surface area contributed by atoms with E-state index in [2.05, 4.69) is 20.8 Å². The van der Waals surface area contributed by atoms with Gasteiger partial charge < -0.3 is 15.1 Å². The zero-order valence-corrected chi connectivity index (χ0v) is 19.7. The van der Waals surface area contributed by atoms with Crippen LogP contribution in [0.2, 0.25) is 0 Å². The highest BCUT2D eigenvalue weighted by Crippen LogP contribution is 2.24. The van der Waals surface area contributed by atoms with Crippen molar-refractivity contribution in [2.24, 2.45) is 11.8 Å². The molecule has 1 aliphatic rings. The average molecular weight is 507 g/mol. The van der Waals surface area contributed by atoms with Crippen LogP contribution in [0.4, 0.5) is 14.5 Å². The lowest BCUT2D eigenvalue weighted by molar-refractivity contribution is 0.0790. The van der Waals surface area contributed by atoms with Crippen LogP contribution >= 0.6 is 0 Å². The van der Waals surface area contributed by atoms with Gasteiger partial charge in [0.25, 0.3) is 5.91 Å². The second-order valence-electron chi connectivity index (χ2n) is 8.83. The van der Waals surface area contributed by atoms with Gasteiger partial charge in [-0.3, -0.25) is 10.2 Å². The lowest BCUT2D eigenvalue weighted by Crippen LogP contribution is -2.39. The highest BCUT2D eigenvalue weighted by Gasteiger charge is 2.24. The maximum atomic E-state index is 14.9. The SMILES string of the molecule is N=C(c1ccc(NC(=O)c2nnnn2-c2cc3ccccc3cc2F)c(F)c1)N1CCC(CON)CC1. The second-order valence-corrected chi connectivity index (χ2v) is 8.83. The maximum Gasteiger partial charge on any atom is 0.295 e. The van der Waals surface area contributed by atoms with Gasteiger partial charge in [0.2, 0.25) is 5.82 Å². The third kappa shape index (κ3) is 5.01. The Balaban J connectivity index is 1.32. The Morgan fingerprint density at radius 2 is 1.81 bits per heavy atom. The van der Waals surface area contributed by atoms with E-state index in [-0.39, 0.29) is 23.0 Å². The number of tetrazole rings is 1. The number of carbonyl (C=O) groups excluding carboxylic acids is 1. The molecule has 1 amide bonds. The van der Waals surface area contributed by atoms with Crippen molar-refractivity contribution in [2.75, 3.05) is 25.0 Å². The number of aromatic nitrogens is 4. The Hall–Kier alpha value is -4.29. The van der Waals surface area contributed by atoms with Gasteiger partial charge in [0, 0.05) is 18.7 Å². The molecular weight excluding hydrogens is 482 g/mol. The molecule has 0 aliphatic carbocycles. The zero-order valence-electron chi connectivity index (χ0n) is 19.7. The summed E-state index contributed by atoms with van der Waals surface area (Å²) in [6.45, 7) is 1.75. The number of carbonyl (C=O) groups is 1. The van der Waals surface area contributed by atoms with Gasteiger partial charge in [-0.2, -0.15) is 4.68 Å². The number of nitrogens with one attached hydrogen (secondary N) is 2. The van der Waals surface area contributed by atoms with Crippen LogP contribution in [0.5, 0.6) is 0 Å². The first-order valence-corrected chi connectivity index (χ1v) is 11.7. The predicted molar refractivity (Wildman–Crippen MR) is 132 cm³/mol. The number of nitrogens with zero attached hydrogens (tertiary/aromatic N) is 5. The minimum atomic E-state index is -0.816. The minimum Gasteiger partial charge on any atom is -0.357 e. The summed E-state index contributed by atoms with van der Waals surface area (Å²) in [6.07, 6.45) is 1.64. The standard InChI is InChI=1S/C25H24F2N8O2/c26-19-12-18(23(28)34-9-7-15(8-10-34)14-37-29)5-6-21(19)30-25(36)24-31-32-33-35(24)22-13-17-4-2-1-3-16(17)11-20(22)27/h1-6,11-13,15,28H,7-10,14,29H2,(H,30,36). The topological polar surface area (TPSA) is 135 Å². The van der Waals surface area contributed by atoms with E-state index in [1.807, 2.05) is 11.0 Å². The first-order chi connectivity index (χ1) is 17.9. The van der Waals surface area contributed by atoms with Gasteiger partial charge in [-0.1, -0.05) is 24.3 Å². The van der Waals surface area contributed by atoms with Gasteiger partial charge in [-0.05, 0) is 70.3 Å². The summed E-state index contributed by atoms with van der Waals surface area (Å²) in [5, 5.41) is 23.3. The van der Waals surface area contributed by atoms with Gasteiger partial charge >= 0.3 is 0 Å². The molecular formula is C25H24F2N8O2. The molecule has 12 heteroatoms. The molecule has 0 saturated carbocycles. The van der Waals surface area contributed by atoms with Crippen LogP contribution in [-0.2, 0) is 4.84 Å². The number of rotatable bonds is 6. The van der Waals surface area contributed by atoms with E-state index in [1.165, 1.54) is 24.3 Å². The van der Waals surface area contributed by atoms with Crippen LogP contribution in [0.15, 0.2) is 54.6 Å². The molecule has 1 fully saturated rings. The molecule has 0 unspecified atom stereocenters. The Bertz CT molecular complexity index is 1470. The van der Waals surface area contributed by atoms with Crippen molar-refractivity contribution in [1.29, 1.82) is 5.41 Å². The zero-order chi connectivity index (χ0) is 25.9. The number of fused-ring (bicyclic) bond motifs is 1. The van der Waals surface area contributed by atoms with Gasteiger partial charge in [0.05, 0.1) is 12.3 Å². The van der Waals surface area contributed by atoms with Crippen LogP contribution < -0.4 is 11.2 Å². The molecule has 190 valence electrons. The fourth-order valence-electron chi connectivity index (χ4n) is 4.44. The third-order valence-corrected chi connectivity index (χ3v) is 6.47. The van der Waals surface area contributed by atoms with E-state index in [0.29, 0.717) is 36.6 Å². The molecule has 3 aromatic carbocycles. The summed E-state index contributed by atoms with van der Waals surface area (Å²) in [5.41, 5.74) is 0.251. The van der Waals surface area contributed by atoms with Crippen molar-refractivity contribution >= 4 is 28.2 Å². The summed E-state index contributed by atoms with van der Waals surface area (Å²) < 4.78 is 30.7. The summed E-state index contributed by atoms with van der Waals surface area (Å²) in [5.74, 6) is 3.21. The van der Waals surface area contributed by atoms with Crippen molar-refractivity contribution in [3.8, 4) is 5.69 Å². The van der Waals surface area contributed by atoms with Crippen molar-refractivity contribution in [2.45, 2.75) is 12.8 Å². The smallest absolute Gasteiger partial charge is 0.295 e. The third-order valence-electron chi connectivity index (χ3n) is 6.47. The molecule has 37 heavy (non-hydrogen) atoms. The molecule has 0 bridgehead atoms. The van der Waals surface area contributed by atoms with Crippen molar-refractivity contribution in [1.82, 2.24) is 25.1 Å². The number of halogens is 2. The molecule has 5 rings (SSSR count). The maximum absolute atomic E-state index is 14.9. The average Bonchev–Trinajstić information content (AvgIpc) is 3.39. The van der Waals surface area contributed by atoms with Crippen LogP contribution in [0, 0.1) is 23.0 Å². The monoisotopic (exact) mass is 506 g/mol. The summed E-state index contributed by atoms with van der Waals surface area (Å²) >= 11 is 0. The van der Waals surface area contributed by atoms with E-state index >= 15 is 0 Å². The molecule has 0 radical (unpaired) electrons. The highest BCUT2D eigenvalue weighted by molar-refractivity contribution is 6.03. The summed E-state index contributed by atoms with van der Waals surface area (Å²) in [6, 6.07) is 14.1. The van der Waals surface area contributed by atoms with Crippen LogP contribution in [0.1, 0.15) is 29.0 Å². The number of hydrogen-bond donors (Lipinski definition) is 3. The van der Waals surface area contributed by atoms with E-state index in [1.54, 1.807) is 24.3 Å². The van der Waals surface area contributed by atoms with Crippen LogP contribution in [0.25, 0.3) is 16.5 Å². The molecule has 1 aliphatic heterocycles. The predicted octanol–water partition coefficient (Wildman–Crippen LogP) is 3.27. The lowest BCUT2D eigenvalue weighted by Gasteiger charge is -2.33. The molecule has 1 aromatic heterocycles. The van der Waals surface area contributed by atoms with E-state index in [9.17, 15) is 13.6 Å². The Morgan fingerprint density at radius 3 is 2.51 bits per heavy atom. The Labute approximate surface area is 210 Å². The number of likely N-dealkylation sites (tertiary alicyclic amines) is 1. The van der Waals surface area contributed by atoms with Crippen molar-refractivity contribution < 1.29 is 18.4 Å². The number of nitrogens with two attached hydrogens (primary N) is 1. The quantitative estimate of drug-likeness (QED) is 0.208. The van der Waals surface area contributed by atoms with Crippen LogP contribution in [0.3, 0.4) is 0 Å². The molecule has 10 nitrogen and oxygen atoms in total. The van der Waals surface area contributed by atoms with E-state index in [0.717, 1.165) is 22.9 Å². The molecule has 2 heterocycles. The highest BCUT2D eigenvalue weighted by atomic mass is 19.1. The number of hydrogen-bond acceptors (Lipinski definition) is 7. The van der Waals surface area contributed by atoms with Gasteiger partial charge in [0.1, 0.15) is 23.2 Å². The Morgan fingerprint density at radius 1 is 1.08 bits per heavy atom. The van der Waals surface area contributed by atoms with Crippen molar-refractivity contribution in [3.63, 3.8) is 0 Å². The van der Waals surface area contributed by atoms with E-state index in [4.69, 9.17) is 16.1 Å². The molecule has 4 aromatic rings. The normalized spacial score (nSPS) is 14.2. The molecule has 1 saturated heterocycles. The van der Waals surface area contributed by atoms with Gasteiger partial charge in [0.15, 0.2) is 0 Å². The summed E-state index contributed by atoms with van der Waals surface area (Å²) in [4.78, 5) is 19.5. The second kappa shape index (κ2) is 10.4. The fraction of sp³-hybridized carbons (Fsp3) is 0.240. The van der Waals surface area contributed by atoms with Gasteiger partial charge in [-0.15, -0.1) is 5.10 Å². The molecule has 4 N–H and O–H groups in total. The van der Waals surface area contributed by atoms with Gasteiger partial charge in [-0.25, -0.2) is 14.7 Å².